The van der Waals surface area contributed by atoms with Crippen LogP contribution < -0.4 is 5.32 Å². The van der Waals surface area contributed by atoms with Gasteiger partial charge in [0.2, 0.25) is 0 Å². The normalized spacial score (nSPS) is 21.0. The fraction of sp³-hybridized carbons (Fsp3) is 0.500. The van der Waals surface area contributed by atoms with Crippen LogP contribution in [0, 0.1) is 5.92 Å². The van der Waals surface area contributed by atoms with Gasteiger partial charge in [0, 0.05) is 6.54 Å². The number of aromatic nitrogens is 1. The van der Waals surface area contributed by atoms with Crippen LogP contribution in [0.2, 0.25) is 0 Å². The van der Waals surface area contributed by atoms with Crippen LogP contribution in [0.5, 0.6) is 0 Å². The lowest BCUT2D eigenvalue weighted by molar-refractivity contribution is 0.194. The first-order chi connectivity index (χ1) is 10.5. The zero-order valence-electron chi connectivity index (χ0n) is 12.9. The molecule has 6 heteroatoms. The molecule has 2 N–H and O–H groups in total. The number of carbonyl (C=O) groups is 1. The van der Waals surface area contributed by atoms with Crippen LogP contribution in [0.25, 0.3) is 10.2 Å². The predicted octanol–water partition coefficient (Wildman–Crippen LogP) is 3.12. The molecule has 1 aromatic heterocycles. The molecular weight excluding hydrogens is 298 g/mol. The van der Waals surface area contributed by atoms with Gasteiger partial charge in [-0.15, -0.1) is 11.3 Å². The summed E-state index contributed by atoms with van der Waals surface area (Å²) in [5.41, 5.74) is 2.35. The number of hydrogen-bond acceptors (Lipinski definition) is 4. The smallest absolute Gasteiger partial charge is 0.405 e. The molecule has 1 aromatic carbocycles. The maximum Gasteiger partial charge on any atom is 0.405 e. The molecule has 118 valence electrons. The van der Waals surface area contributed by atoms with Crippen LogP contribution in [0.4, 0.5) is 4.79 Å². The number of nitrogens with zero attached hydrogens (tertiary/aromatic N) is 2. The van der Waals surface area contributed by atoms with Crippen molar-refractivity contribution < 1.29 is 9.90 Å². The van der Waals surface area contributed by atoms with Crippen molar-refractivity contribution in [2.75, 3.05) is 20.6 Å². The van der Waals surface area contributed by atoms with Gasteiger partial charge in [-0.25, -0.2) is 9.78 Å². The summed E-state index contributed by atoms with van der Waals surface area (Å²) in [5.74, 6) is 1.48. The van der Waals surface area contributed by atoms with Crippen LogP contribution in [-0.4, -0.2) is 41.7 Å². The Kier molecular flexibility index (Phi) is 4.31. The summed E-state index contributed by atoms with van der Waals surface area (Å²) in [4.78, 5) is 17.3. The topological polar surface area (TPSA) is 65.5 Å². The zero-order valence-corrected chi connectivity index (χ0v) is 13.7. The van der Waals surface area contributed by atoms with Crippen LogP contribution in [0.3, 0.4) is 0 Å². The Bertz CT molecular complexity index is 677. The lowest BCUT2D eigenvalue weighted by atomic mass is 9.71. The van der Waals surface area contributed by atoms with Crippen LogP contribution in [0.15, 0.2) is 18.2 Å². The van der Waals surface area contributed by atoms with E-state index in [4.69, 9.17) is 5.11 Å². The first-order valence-electron chi connectivity index (χ1n) is 7.52. The minimum atomic E-state index is -1.01. The number of carboxylic acid groups (broad SMARTS) is 1. The van der Waals surface area contributed by atoms with E-state index in [1.807, 2.05) is 0 Å². The maximum atomic E-state index is 10.5. The van der Waals surface area contributed by atoms with Gasteiger partial charge in [0.15, 0.2) is 0 Å². The largest absolute Gasteiger partial charge is 0.465 e. The summed E-state index contributed by atoms with van der Waals surface area (Å²) >= 11 is 1.57. The van der Waals surface area contributed by atoms with Gasteiger partial charge in [-0.3, -0.25) is 0 Å². The first kappa shape index (κ1) is 15.2. The average Bonchev–Trinajstić information content (AvgIpc) is 2.81. The molecule has 1 aliphatic rings. The SMILES string of the molecule is CN(C)C[C@H]1C[C@H](c2ccc3nc(CNC(=O)O)sc3c2)C1. The lowest BCUT2D eigenvalue weighted by Crippen LogP contribution is -2.31. The molecule has 1 amide bonds. The fourth-order valence-corrected chi connectivity index (χ4v) is 4.10. The summed E-state index contributed by atoms with van der Waals surface area (Å²) in [6.45, 7) is 1.45. The molecule has 0 atom stereocenters. The van der Waals surface area contributed by atoms with Crippen molar-refractivity contribution in [3.8, 4) is 0 Å². The number of amides is 1. The van der Waals surface area contributed by atoms with Gasteiger partial charge in [-0.05, 0) is 56.5 Å². The molecule has 22 heavy (non-hydrogen) atoms. The standard InChI is InChI=1S/C16H21N3O2S/c1-19(2)9-10-5-12(6-10)11-3-4-13-14(7-11)22-15(18-13)8-17-16(20)21/h3-4,7,10,12,17H,5-6,8-9H2,1-2H3,(H,20,21)/t10-,12-. The Morgan fingerprint density at radius 1 is 1.45 bits per heavy atom. The van der Waals surface area contributed by atoms with Gasteiger partial charge in [-0.1, -0.05) is 6.07 Å². The van der Waals surface area contributed by atoms with E-state index in [2.05, 4.69) is 47.5 Å². The molecule has 1 heterocycles. The summed E-state index contributed by atoms with van der Waals surface area (Å²) < 4.78 is 1.15. The lowest BCUT2D eigenvalue weighted by Gasteiger charge is -2.37. The third-order valence-electron chi connectivity index (χ3n) is 4.18. The van der Waals surface area contributed by atoms with Crippen molar-refractivity contribution in [2.24, 2.45) is 5.92 Å². The number of hydrogen-bond donors (Lipinski definition) is 2. The third kappa shape index (κ3) is 3.39. The van der Waals surface area contributed by atoms with E-state index < -0.39 is 6.09 Å². The second-order valence-electron chi connectivity index (χ2n) is 6.29. The number of benzene rings is 1. The second-order valence-corrected chi connectivity index (χ2v) is 7.41. The highest BCUT2D eigenvalue weighted by Crippen LogP contribution is 2.42. The molecule has 1 saturated carbocycles. The van der Waals surface area contributed by atoms with E-state index in [0.717, 1.165) is 21.1 Å². The van der Waals surface area contributed by atoms with Gasteiger partial charge in [0.05, 0.1) is 16.8 Å². The molecular formula is C16H21N3O2S. The summed E-state index contributed by atoms with van der Waals surface area (Å²) in [6.07, 6.45) is 1.51. The predicted molar refractivity (Wildman–Crippen MR) is 88.5 cm³/mol. The van der Waals surface area contributed by atoms with Crippen LogP contribution in [-0.2, 0) is 6.54 Å². The summed E-state index contributed by atoms with van der Waals surface area (Å²) in [5, 5.41) is 11.8. The molecule has 0 aliphatic heterocycles. The van der Waals surface area contributed by atoms with Crippen molar-refractivity contribution in [3.05, 3.63) is 28.8 Å². The maximum absolute atomic E-state index is 10.5. The number of fused-ring (bicyclic) bond motifs is 1. The van der Waals surface area contributed by atoms with Gasteiger partial charge in [-0.2, -0.15) is 0 Å². The third-order valence-corrected chi connectivity index (χ3v) is 5.20. The molecule has 0 unspecified atom stereocenters. The Labute approximate surface area is 134 Å². The molecule has 0 radical (unpaired) electrons. The van der Waals surface area contributed by atoms with Gasteiger partial charge in [0.1, 0.15) is 5.01 Å². The molecule has 0 saturated heterocycles. The molecule has 2 aromatic rings. The van der Waals surface area contributed by atoms with Crippen molar-refractivity contribution in [1.29, 1.82) is 0 Å². The first-order valence-corrected chi connectivity index (χ1v) is 8.34. The highest BCUT2D eigenvalue weighted by atomic mass is 32.1. The molecule has 5 nitrogen and oxygen atoms in total. The molecule has 0 spiro atoms. The van der Waals surface area contributed by atoms with Gasteiger partial charge >= 0.3 is 6.09 Å². The fourth-order valence-electron chi connectivity index (χ4n) is 3.14. The summed E-state index contributed by atoms with van der Waals surface area (Å²) in [7, 11) is 4.26. The van der Waals surface area contributed by atoms with E-state index in [0.29, 0.717) is 5.92 Å². The Balaban J connectivity index is 1.67. The van der Waals surface area contributed by atoms with E-state index in [9.17, 15) is 4.79 Å². The minimum absolute atomic E-state index is 0.276. The quantitative estimate of drug-likeness (QED) is 0.888. The van der Waals surface area contributed by atoms with Gasteiger partial charge in [0.25, 0.3) is 0 Å². The van der Waals surface area contributed by atoms with Crippen LogP contribution in [0.1, 0.15) is 29.3 Å². The van der Waals surface area contributed by atoms with Crippen molar-refractivity contribution in [1.82, 2.24) is 15.2 Å². The number of rotatable bonds is 5. The molecule has 0 bridgehead atoms. The Hall–Kier alpha value is -1.66. The second kappa shape index (κ2) is 6.22. The number of nitrogens with one attached hydrogen (secondary N) is 1. The Morgan fingerprint density at radius 3 is 2.91 bits per heavy atom. The van der Waals surface area contributed by atoms with Crippen molar-refractivity contribution in [3.63, 3.8) is 0 Å². The average molecular weight is 319 g/mol. The highest BCUT2D eigenvalue weighted by molar-refractivity contribution is 7.18. The highest BCUT2D eigenvalue weighted by Gasteiger charge is 2.30. The Morgan fingerprint density at radius 2 is 2.23 bits per heavy atom. The monoisotopic (exact) mass is 319 g/mol. The van der Waals surface area contributed by atoms with E-state index >= 15 is 0 Å². The van der Waals surface area contributed by atoms with E-state index in [1.165, 1.54) is 24.9 Å². The molecule has 1 fully saturated rings. The van der Waals surface area contributed by atoms with E-state index in [1.54, 1.807) is 11.3 Å². The molecule has 3 rings (SSSR count). The zero-order chi connectivity index (χ0) is 15.7. The van der Waals surface area contributed by atoms with Gasteiger partial charge < -0.3 is 15.3 Å². The van der Waals surface area contributed by atoms with Crippen molar-refractivity contribution in [2.45, 2.75) is 25.3 Å². The minimum Gasteiger partial charge on any atom is -0.465 e. The van der Waals surface area contributed by atoms with Crippen LogP contribution >= 0.6 is 11.3 Å². The van der Waals surface area contributed by atoms with E-state index in [-0.39, 0.29) is 6.54 Å². The summed E-state index contributed by atoms with van der Waals surface area (Å²) in [6, 6.07) is 6.46. The van der Waals surface area contributed by atoms with Crippen molar-refractivity contribution >= 4 is 27.6 Å². The number of thiazole rings is 1. The molecule has 1 aliphatic carbocycles.